The molecule has 0 amide bonds. The summed E-state index contributed by atoms with van der Waals surface area (Å²) in [6, 6.07) is 7.42. The fraction of sp³-hybridized carbons (Fsp3) is 0.188. The van der Waals surface area contributed by atoms with Gasteiger partial charge < -0.3 is 5.84 Å². The van der Waals surface area contributed by atoms with Crippen LogP contribution < -0.4 is 11.4 Å². The summed E-state index contributed by atoms with van der Waals surface area (Å²) in [6.45, 7) is 1.98. The number of benzene rings is 1. The predicted molar refractivity (Wildman–Crippen MR) is 102 cm³/mol. The highest BCUT2D eigenvalue weighted by Crippen LogP contribution is 2.24. The first kappa shape index (κ1) is 17.6. The SMILES string of the molecule is CCc1nn2c(=O)cc(CSc3nnc(-c4cccc(F)c4)n3N)nc2s1. The van der Waals surface area contributed by atoms with Gasteiger partial charge in [-0.3, -0.25) is 4.79 Å². The van der Waals surface area contributed by atoms with Crippen LogP contribution in [-0.2, 0) is 12.2 Å². The van der Waals surface area contributed by atoms with Gasteiger partial charge in [-0.25, -0.2) is 14.1 Å². The molecule has 0 spiro atoms. The molecule has 0 radical (unpaired) electrons. The lowest BCUT2D eigenvalue weighted by Crippen LogP contribution is -2.15. The van der Waals surface area contributed by atoms with Crippen LogP contribution in [0.3, 0.4) is 0 Å². The second-order valence-corrected chi connectivity index (χ2v) is 7.59. The molecule has 0 saturated carbocycles. The maximum atomic E-state index is 13.4. The van der Waals surface area contributed by atoms with Crippen molar-refractivity contribution in [2.24, 2.45) is 0 Å². The molecule has 3 heterocycles. The van der Waals surface area contributed by atoms with E-state index < -0.39 is 0 Å². The number of nitrogens with two attached hydrogens (primary N) is 1. The standard InChI is InChI=1S/C16H14FN7OS2/c1-2-12-22-24-13(25)7-11(19-15(24)27-12)8-26-16-21-20-14(23(16)18)9-4-3-5-10(17)6-9/h3-7H,2,8,18H2,1H3. The summed E-state index contributed by atoms with van der Waals surface area (Å²) in [5.74, 6) is 6.42. The molecule has 0 unspecified atom stereocenters. The van der Waals surface area contributed by atoms with Crippen LogP contribution in [0.25, 0.3) is 16.3 Å². The van der Waals surface area contributed by atoms with E-state index in [9.17, 15) is 9.18 Å². The van der Waals surface area contributed by atoms with Crippen molar-refractivity contribution in [1.82, 2.24) is 29.5 Å². The highest BCUT2D eigenvalue weighted by Gasteiger charge is 2.14. The van der Waals surface area contributed by atoms with Crippen LogP contribution in [0.5, 0.6) is 0 Å². The van der Waals surface area contributed by atoms with Crippen molar-refractivity contribution < 1.29 is 4.39 Å². The molecule has 4 aromatic rings. The number of hydrogen-bond donors (Lipinski definition) is 1. The van der Waals surface area contributed by atoms with Gasteiger partial charge in [-0.05, 0) is 18.6 Å². The largest absolute Gasteiger partial charge is 0.335 e. The summed E-state index contributed by atoms with van der Waals surface area (Å²) in [5, 5.41) is 13.6. The van der Waals surface area contributed by atoms with Gasteiger partial charge in [0.1, 0.15) is 10.8 Å². The van der Waals surface area contributed by atoms with E-state index in [1.165, 1.54) is 50.5 Å². The summed E-state index contributed by atoms with van der Waals surface area (Å²) < 4.78 is 16.0. The summed E-state index contributed by atoms with van der Waals surface area (Å²) in [7, 11) is 0. The summed E-state index contributed by atoms with van der Waals surface area (Å²) >= 11 is 2.69. The third-order valence-electron chi connectivity index (χ3n) is 3.74. The number of aryl methyl sites for hydroxylation is 1. The third-order valence-corrected chi connectivity index (χ3v) is 5.77. The minimum Gasteiger partial charge on any atom is -0.335 e. The topological polar surface area (TPSA) is 104 Å². The molecule has 138 valence electrons. The van der Waals surface area contributed by atoms with Crippen LogP contribution in [0.15, 0.2) is 40.3 Å². The number of thioether (sulfide) groups is 1. The number of aromatic nitrogens is 6. The van der Waals surface area contributed by atoms with Gasteiger partial charge in [0.25, 0.3) is 5.56 Å². The first-order valence-electron chi connectivity index (χ1n) is 8.03. The first-order chi connectivity index (χ1) is 13.0. The van der Waals surface area contributed by atoms with Crippen molar-refractivity contribution in [2.75, 3.05) is 5.84 Å². The van der Waals surface area contributed by atoms with E-state index in [0.717, 1.165) is 11.4 Å². The number of rotatable bonds is 5. The van der Waals surface area contributed by atoms with E-state index in [4.69, 9.17) is 5.84 Å². The van der Waals surface area contributed by atoms with Crippen molar-refractivity contribution in [2.45, 2.75) is 24.3 Å². The van der Waals surface area contributed by atoms with Gasteiger partial charge in [-0.2, -0.15) is 9.61 Å². The van der Waals surface area contributed by atoms with Gasteiger partial charge in [0.15, 0.2) is 5.82 Å². The Bertz CT molecular complexity index is 1180. The summed E-state index contributed by atoms with van der Waals surface area (Å²) in [5.41, 5.74) is 0.916. The lowest BCUT2D eigenvalue weighted by Gasteiger charge is -2.04. The Balaban J connectivity index is 1.57. The molecule has 0 aliphatic heterocycles. The van der Waals surface area contributed by atoms with Crippen LogP contribution in [0.4, 0.5) is 4.39 Å². The molecule has 3 aromatic heterocycles. The molecule has 27 heavy (non-hydrogen) atoms. The second kappa shape index (κ2) is 7.08. The van der Waals surface area contributed by atoms with Gasteiger partial charge in [-0.1, -0.05) is 42.2 Å². The lowest BCUT2D eigenvalue weighted by molar-refractivity contribution is 0.628. The predicted octanol–water partition coefficient (Wildman–Crippen LogP) is 2.12. The Labute approximate surface area is 160 Å². The van der Waals surface area contributed by atoms with Gasteiger partial charge >= 0.3 is 0 Å². The molecule has 0 aliphatic carbocycles. The normalized spacial score (nSPS) is 11.3. The highest BCUT2D eigenvalue weighted by molar-refractivity contribution is 7.98. The summed E-state index contributed by atoms with van der Waals surface area (Å²) in [6.07, 6.45) is 0.747. The van der Waals surface area contributed by atoms with E-state index in [2.05, 4.69) is 20.3 Å². The Hall–Kier alpha value is -2.79. The van der Waals surface area contributed by atoms with Crippen LogP contribution in [0.2, 0.25) is 0 Å². The average molecular weight is 403 g/mol. The summed E-state index contributed by atoms with van der Waals surface area (Å²) in [4.78, 5) is 17.2. The van der Waals surface area contributed by atoms with Gasteiger partial charge in [0.2, 0.25) is 10.1 Å². The van der Waals surface area contributed by atoms with Gasteiger partial charge in [0.05, 0.1) is 5.69 Å². The van der Waals surface area contributed by atoms with E-state index in [-0.39, 0.29) is 11.4 Å². The molecule has 1 aromatic carbocycles. The molecule has 2 N–H and O–H groups in total. The van der Waals surface area contributed by atoms with E-state index in [1.807, 2.05) is 6.92 Å². The smallest absolute Gasteiger partial charge is 0.275 e. The maximum absolute atomic E-state index is 13.4. The van der Waals surface area contributed by atoms with Crippen molar-refractivity contribution in [3.8, 4) is 11.4 Å². The van der Waals surface area contributed by atoms with Crippen molar-refractivity contribution in [3.05, 3.63) is 57.2 Å². The minimum absolute atomic E-state index is 0.221. The number of nitrogen functional groups attached to an aromatic ring is 1. The fourth-order valence-electron chi connectivity index (χ4n) is 2.45. The number of nitrogens with zero attached hydrogens (tertiary/aromatic N) is 6. The zero-order valence-electron chi connectivity index (χ0n) is 14.2. The molecule has 0 bridgehead atoms. The zero-order valence-corrected chi connectivity index (χ0v) is 15.8. The van der Waals surface area contributed by atoms with Crippen molar-refractivity contribution in [1.29, 1.82) is 0 Å². The van der Waals surface area contributed by atoms with Crippen LogP contribution >= 0.6 is 23.1 Å². The second-order valence-electron chi connectivity index (χ2n) is 5.60. The Morgan fingerprint density at radius 3 is 2.93 bits per heavy atom. The van der Waals surface area contributed by atoms with Gasteiger partial charge in [-0.15, -0.1) is 10.2 Å². The monoisotopic (exact) mass is 403 g/mol. The molecular formula is C16H14FN7OS2. The highest BCUT2D eigenvalue weighted by atomic mass is 32.2. The average Bonchev–Trinajstić information content (AvgIpc) is 3.23. The molecule has 0 aliphatic rings. The molecular weight excluding hydrogens is 389 g/mol. The van der Waals surface area contributed by atoms with E-state index in [1.54, 1.807) is 12.1 Å². The van der Waals surface area contributed by atoms with Gasteiger partial charge in [0, 0.05) is 17.4 Å². The van der Waals surface area contributed by atoms with Crippen molar-refractivity contribution in [3.63, 3.8) is 0 Å². The maximum Gasteiger partial charge on any atom is 0.275 e. The molecule has 0 fully saturated rings. The Kier molecular flexibility index (Phi) is 4.62. The molecule has 0 atom stereocenters. The minimum atomic E-state index is -0.376. The molecule has 11 heteroatoms. The zero-order chi connectivity index (χ0) is 19.0. The lowest BCUT2D eigenvalue weighted by atomic mass is 10.2. The van der Waals surface area contributed by atoms with E-state index >= 15 is 0 Å². The third kappa shape index (κ3) is 3.43. The fourth-order valence-corrected chi connectivity index (χ4v) is 4.06. The number of fused-ring (bicyclic) bond motifs is 1. The van der Waals surface area contributed by atoms with E-state index in [0.29, 0.717) is 33.0 Å². The Morgan fingerprint density at radius 1 is 1.30 bits per heavy atom. The Morgan fingerprint density at radius 2 is 2.15 bits per heavy atom. The molecule has 4 rings (SSSR count). The molecule has 8 nitrogen and oxygen atoms in total. The number of hydrogen-bond acceptors (Lipinski definition) is 8. The molecule has 0 saturated heterocycles. The van der Waals surface area contributed by atoms with Crippen LogP contribution in [-0.4, -0.2) is 29.5 Å². The number of halogens is 1. The first-order valence-corrected chi connectivity index (χ1v) is 9.83. The quantitative estimate of drug-likeness (QED) is 0.402. The van der Waals surface area contributed by atoms with Crippen LogP contribution in [0.1, 0.15) is 17.6 Å². The van der Waals surface area contributed by atoms with Crippen molar-refractivity contribution >= 4 is 28.1 Å². The van der Waals surface area contributed by atoms with Crippen LogP contribution in [0, 0.1) is 5.82 Å².